The van der Waals surface area contributed by atoms with Gasteiger partial charge in [-0.15, -0.1) is 11.8 Å². The van der Waals surface area contributed by atoms with Crippen molar-refractivity contribution in [3.63, 3.8) is 0 Å². The highest BCUT2D eigenvalue weighted by Crippen LogP contribution is 2.38. The number of hydrogen-bond donors (Lipinski definition) is 0. The molecule has 3 heterocycles. The van der Waals surface area contributed by atoms with Gasteiger partial charge in [0.1, 0.15) is 0 Å². The third-order valence-corrected chi connectivity index (χ3v) is 6.23. The van der Waals surface area contributed by atoms with Crippen LogP contribution in [0.3, 0.4) is 0 Å². The molecule has 0 aromatic heterocycles. The van der Waals surface area contributed by atoms with E-state index in [-0.39, 0.29) is 0 Å². The van der Waals surface area contributed by atoms with Gasteiger partial charge in [-0.25, -0.2) is 0 Å². The van der Waals surface area contributed by atoms with Crippen LogP contribution < -0.4 is 0 Å². The predicted octanol–water partition coefficient (Wildman–Crippen LogP) is 4.54. The quantitative estimate of drug-likeness (QED) is 0.818. The van der Waals surface area contributed by atoms with E-state index in [1.54, 1.807) is 0 Å². The lowest BCUT2D eigenvalue weighted by atomic mass is 9.88. The fourth-order valence-corrected chi connectivity index (χ4v) is 4.97. The largest absolute Gasteiger partial charge is 0.302 e. The summed E-state index contributed by atoms with van der Waals surface area (Å²) in [6, 6.07) is 19.7. The van der Waals surface area contributed by atoms with E-state index in [1.807, 2.05) is 0 Å². The zero-order chi connectivity index (χ0) is 14.1. The molecule has 21 heavy (non-hydrogen) atoms. The molecule has 0 amide bonds. The van der Waals surface area contributed by atoms with Gasteiger partial charge in [0.15, 0.2) is 0 Å². The van der Waals surface area contributed by atoms with Gasteiger partial charge < -0.3 is 4.90 Å². The molecule has 3 aliphatic rings. The van der Waals surface area contributed by atoms with Gasteiger partial charge >= 0.3 is 0 Å². The average Bonchev–Trinajstić information content (AvgIpc) is 2.57. The maximum atomic E-state index is 2.63. The standard InChI is InChI=1S/C19H21NS/c1-2-4-15(5-3-1)16-6-8-18(9-7-16)21-19-14-20-12-10-17(19)11-13-20/h1-9,17,19H,10-14H2/t19-/m0/s1. The van der Waals surface area contributed by atoms with Crippen molar-refractivity contribution in [2.24, 2.45) is 5.92 Å². The molecule has 2 aromatic rings. The third kappa shape index (κ3) is 2.88. The number of fused-ring (bicyclic) bond motifs is 3. The highest BCUT2D eigenvalue weighted by atomic mass is 32.2. The molecule has 0 aliphatic carbocycles. The molecule has 0 radical (unpaired) electrons. The molecule has 3 fully saturated rings. The topological polar surface area (TPSA) is 3.24 Å². The first-order valence-corrected chi connectivity index (χ1v) is 8.81. The molecule has 5 rings (SSSR count). The smallest absolute Gasteiger partial charge is 0.0251 e. The Morgan fingerprint density at radius 3 is 2.10 bits per heavy atom. The molecule has 3 aliphatic heterocycles. The van der Waals surface area contributed by atoms with E-state index in [9.17, 15) is 0 Å². The van der Waals surface area contributed by atoms with Gasteiger partial charge in [0.25, 0.3) is 0 Å². The Morgan fingerprint density at radius 2 is 1.48 bits per heavy atom. The van der Waals surface area contributed by atoms with Gasteiger partial charge in [-0.05, 0) is 55.1 Å². The summed E-state index contributed by atoms with van der Waals surface area (Å²) >= 11 is 2.09. The van der Waals surface area contributed by atoms with Gasteiger partial charge in [-0.1, -0.05) is 42.5 Å². The minimum atomic E-state index is 0.801. The van der Waals surface area contributed by atoms with E-state index in [4.69, 9.17) is 0 Å². The summed E-state index contributed by atoms with van der Waals surface area (Å²) in [7, 11) is 0. The van der Waals surface area contributed by atoms with E-state index < -0.39 is 0 Å². The van der Waals surface area contributed by atoms with Crippen LogP contribution in [0.1, 0.15) is 12.8 Å². The van der Waals surface area contributed by atoms with Gasteiger partial charge in [-0.3, -0.25) is 0 Å². The Kier molecular flexibility index (Phi) is 3.74. The number of benzene rings is 2. The summed E-state index contributed by atoms with van der Waals surface area (Å²) < 4.78 is 0. The van der Waals surface area contributed by atoms with E-state index in [2.05, 4.69) is 71.3 Å². The average molecular weight is 295 g/mol. The van der Waals surface area contributed by atoms with Crippen molar-refractivity contribution in [3.8, 4) is 11.1 Å². The van der Waals surface area contributed by atoms with Crippen molar-refractivity contribution in [3.05, 3.63) is 54.6 Å². The van der Waals surface area contributed by atoms with Crippen LogP contribution >= 0.6 is 11.8 Å². The number of rotatable bonds is 3. The summed E-state index contributed by atoms with van der Waals surface area (Å²) in [6.45, 7) is 3.94. The molecule has 0 spiro atoms. The number of piperidine rings is 3. The summed E-state index contributed by atoms with van der Waals surface area (Å²) in [5.74, 6) is 0.939. The molecular formula is C19H21NS. The molecule has 3 saturated heterocycles. The molecule has 0 N–H and O–H groups in total. The fourth-order valence-electron chi connectivity index (χ4n) is 3.58. The second kappa shape index (κ2) is 5.86. The molecule has 0 unspecified atom stereocenters. The lowest BCUT2D eigenvalue weighted by Gasteiger charge is -2.44. The van der Waals surface area contributed by atoms with Crippen molar-refractivity contribution in [2.45, 2.75) is 23.0 Å². The molecule has 108 valence electrons. The van der Waals surface area contributed by atoms with Gasteiger partial charge in [0.2, 0.25) is 0 Å². The van der Waals surface area contributed by atoms with Crippen molar-refractivity contribution in [1.29, 1.82) is 0 Å². The van der Waals surface area contributed by atoms with Crippen LogP contribution in [-0.4, -0.2) is 29.8 Å². The first-order chi connectivity index (χ1) is 10.4. The Labute approximate surface area is 131 Å². The minimum Gasteiger partial charge on any atom is -0.302 e. The maximum absolute atomic E-state index is 2.63. The third-order valence-electron chi connectivity index (χ3n) is 4.85. The lowest BCUT2D eigenvalue weighted by Crippen LogP contribution is -2.48. The number of thioether (sulfide) groups is 1. The van der Waals surface area contributed by atoms with Crippen LogP contribution in [-0.2, 0) is 0 Å². The summed E-state index contributed by atoms with van der Waals surface area (Å²) in [5, 5.41) is 0.801. The molecule has 2 heteroatoms. The Bertz CT molecular complexity index is 585. The lowest BCUT2D eigenvalue weighted by molar-refractivity contribution is 0.118. The Balaban J connectivity index is 1.47. The molecule has 0 saturated carbocycles. The van der Waals surface area contributed by atoms with Crippen LogP contribution in [0.25, 0.3) is 11.1 Å². The van der Waals surface area contributed by atoms with Crippen LogP contribution in [0.2, 0.25) is 0 Å². The Morgan fingerprint density at radius 1 is 0.810 bits per heavy atom. The highest BCUT2D eigenvalue weighted by molar-refractivity contribution is 8.00. The second-order valence-electron chi connectivity index (χ2n) is 6.18. The van der Waals surface area contributed by atoms with E-state index in [1.165, 1.54) is 48.5 Å². The van der Waals surface area contributed by atoms with Crippen LogP contribution in [0, 0.1) is 5.92 Å². The van der Waals surface area contributed by atoms with Crippen LogP contribution in [0.5, 0.6) is 0 Å². The molecule has 1 nitrogen and oxygen atoms in total. The predicted molar refractivity (Wildman–Crippen MR) is 90.7 cm³/mol. The fraction of sp³-hybridized carbons (Fsp3) is 0.368. The number of hydrogen-bond acceptors (Lipinski definition) is 2. The summed E-state index contributed by atoms with van der Waals surface area (Å²) in [4.78, 5) is 4.06. The van der Waals surface area contributed by atoms with Crippen molar-refractivity contribution >= 4 is 11.8 Å². The monoisotopic (exact) mass is 295 g/mol. The second-order valence-corrected chi connectivity index (χ2v) is 7.50. The van der Waals surface area contributed by atoms with Crippen molar-refractivity contribution in [1.82, 2.24) is 4.90 Å². The zero-order valence-electron chi connectivity index (χ0n) is 12.2. The number of nitrogens with zero attached hydrogens (tertiary/aromatic N) is 1. The highest BCUT2D eigenvalue weighted by Gasteiger charge is 2.34. The molecule has 2 bridgehead atoms. The van der Waals surface area contributed by atoms with E-state index in [0.717, 1.165) is 11.2 Å². The molecular weight excluding hydrogens is 274 g/mol. The van der Waals surface area contributed by atoms with Crippen molar-refractivity contribution in [2.75, 3.05) is 19.6 Å². The van der Waals surface area contributed by atoms with Crippen LogP contribution in [0.15, 0.2) is 59.5 Å². The van der Waals surface area contributed by atoms with Gasteiger partial charge in [0.05, 0.1) is 0 Å². The van der Waals surface area contributed by atoms with Crippen molar-refractivity contribution < 1.29 is 0 Å². The Hall–Kier alpha value is -1.25. The van der Waals surface area contributed by atoms with Gasteiger partial charge in [-0.2, -0.15) is 0 Å². The minimum absolute atomic E-state index is 0.801. The van der Waals surface area contributed by atoms with E-state index in [0.29, 0.717) is 0 Å². The van der Waals surface area contributed by atoms with Gasteiger partial charge in [0, 0.05) is 16.7 Å². The first-order valence-electron chi connectivity index (χ1n) is 7.93. The zero-order valence-corrected chi connectivity index (χ0v) is 13.1. The van der Waals surface area contributed by atoms with E-state index >= 15 is 0 Å². The summed E-state index contributed by atoms with van der Waals surface area (Å²) in [5.41, 5.74) is 2.62. The molecule has 1 atom stereocenters. The molecule has 2 aromatic carbocycles. The SMILES string of the molecule is c1ccc(-c2ccc(S[C@H]3CN4CCC3CC4)cc2)cc1. The summed E-state index contributed by atoms with van der Waals surface area (Å²) in [6.07, 6.45) is 2.81. The van der Waals surface area contributed by atoms with Crippen LogP contribution in [0.4, 0.5) is 0 Å². The maximum Gasteiger partial charge on any atom is 0.0251 e. The normalized spacial score (nSPS) is 27.7. The first kappa shape index (κ1) is 13.4.